The first-order valence-electron chi connectivity index (χ1n) is 7.36. The summed E-state index contributed by atoms with van der Waals surface area (Å²) < 4.78 is 6.12. The van der Waals surface area contributed by atoms with E-state index in [1.165, 1.54) is 13.2 Å². The molecule has 0 saturated heterocycles. The Bertz CT molecular complexity index is 754. The minimum Gasteiger partial charge on any atom is -0.469 e. The molecule has 1 amide bonds. The number of benzene rings is 1. The fraction of sp³-hybridized carbons (Fsp3) is 0.235. The third-order valence-corrected chi connectivity index (χ3v) is 3.67. The molecule has 1 aromatic carbocycles. The van der Waals surface area contributed by atoms with Crippen molar-refractivity contribution in [2.75, 3.05) is 13.7 Å². The van der Waals surface area contributed by atoms with Gasteiger partial charge in [0, 0.05) is 18.2 Å². The van der Waals surface area contributed by atoms with Crippen LogP contribution in [0.25, 0.3) is 11.8 Å². The van der Waals surface area contributed by atoms with Gasteiger partial charge in [-0.25, -0.2) is 4.68 Å². The van der Waals surface area contributed by atoms with Gasteiger partial charge in [-0.2, -0.15) is 5.10 Å². The average Bonchev–Trinajstić information content (AvgIpc) is 2.88. The molecule has 1 heterocycles. The Labute approximate surface area is 145 Å². The number of ether oxygens (including phenoxy) is 1. The molecule has 7 heteroatoms. The molecule has 126 valence electrons. The van der Waals surface area contributed by atoms with Crippen molar-refractivity contribution >= 4 is 29.6 Å². The van der Waals surface area contributed by atoms with Crippen molar-refractivity contribution in [3.8, 4) is 5.69 Å². The maximum atomic E-state index is 11.8. The minimum absolute atomic E-state index is 0.127. The molecule has 0 fully saturated rings. The molecule has 0 atom stereocenters. The molecule has 0 unspecified atom stereocenters. The highest BCUT2D eigenvalue weighted by Crippen LogP contribution is 2.24. The fourth-order valence-electron chi connectivity index (χ4n) is 2.05. The molecule has 24 heavy (non-hydrogen) atoms. The van der Waals surface area contributed by atoms with Crippen molar-refractivity contribution in [1.82, 2.24) is 15.1 Å². The summed E-state index contributed by atoms with van der Waals surface area (Å²) in [5, 5.41) is 7.42. The van der Waals surface area contributed by atoms with Crippen molar-refractivity contribution < 1.29 is 14.3 Å². The maximum Gasteiger partial charge on any atom is 0.307 e. The van der Waals surface area contributed by atoms with E-state index in [1.807, 2.05) is 37.3 Å². The first-order valence-corrected chi connectivity index (χ1v) is 7.74. The van der Waals surface area contributed by atoms with Gasteiger partial charge in [-0.3, -0.25) is 9.59 Å². The van der Waals surface area contributed by atoms with Crippen LogP contribution >= 0.6 is 11.6 Å². The molecule has 0 aliphatic carbocycles. The number of hydrogen-bond donors (Lipinski definition) is 1. The van der Waals surface area contributed by atoms with Crippen LogP contribution in [0.2, 0.25) is 5.15 Å². The van der Waals surface area contributed by atoms with Crippen LogP contribution in [-0.2, 0) is 14.3 Å². The SMILES string of the molecule is COC(=O)CCNC(=O)/C=C/c1c(C)nn(-c2ccccc2)c1Cl. The number of para-hydroxylation sites is 1. The summed E-state index contributed by atoms with van der Waals surface area (Å²) in [4.78, 5) is 22.7. The summed E-state index contributed by atoms with van der Waals surface area (Å²) in [5.74, 6) is -0.691. The molecule has 1 aromatic heterocycles. The van der Waals surface area contributed by atoms with Crippen molar-refractivity contribution in [3.63, 3.8) is 0 Å². The smallest absolute Gasteiger partial charge is 0.307 e. The molecule has 0 aliphatic rings. The molecule has 0 bridgehead atoms. The Balaban J connectivity index is 2.06. The molecular formula is C17H18ClN3O3. The predicted octanol–water partition coefficient (Wildman–Crippen LogP) is 2.53. The lowest BCUT2D eigenvalue weighted by molar-refractivity contribution is -0.140. The van der Waals surface area contributed by atoms with E-state index in [1.54, 1.807) is 10.8 Å². The van der Waals surface area contributed by atoms with Crippen LogP contribution < -0.4 is 5.32 Å². The molecule has 1 N–H and O–H groups in total. The van der Waals surface area contributed by atoms with Crippen LogP contribution in [0.1, 0.15) is 17.7 Å². The van der Waals surface area contributed by atoms with Gasteiger partial charge in [-0.05, 0) is 25.1 Å². The quantitative estimate of drug-likeness (QED) is 0.643. The zero-order valence-corrected chi connectivity index (χ0v) is 14.2. The van der Waals surface area contributed by atoms with Gasteiger partial charge >= 0.3 is 5.97 Å². The van der Waals surface area contributed by atoms with Gasteiger partial charge in [0.1, 0.15) is 5.15 Å². The van der Waals surface area contributed by atoms with E-state index in [0.717, 1.165) is 5.69 Å². The number of methoxy groups -OCH3 is 1. The standard InChI is InChI=1S/C17H18ClN3O3/c1-12-14(8-9-15(22)19-11-10-16(23)24-2)17(18)21(20-12)13-6-4-3-5-7-13/h3-9H,10-11H2,1-2H3,(H,19,22)/b9-8+. The van der Waals surface area contributed by atoms with E-state index < -0.39 is 0 Å². The second-order valence-electron chi connectivity index (χ2n) is 4.99. The average molecular weight is 348 g/mol. The zero-order valence-electron chi connectivity index (χ0n) is 13.5. The van der Waals surface area contributed by atoms with E-state index in [0.29, 0.717) is 16.4 Å². The van der Waals surface area contributed by atoms with E-state index in [9.17, 15) is 9.59 Å². The van der Waals surface area contributed by atoms with E-state index in [2.05, 4.69) is 15.2 Å². The van der Waals surface area contributed by atoms with Gasteiger partial charge < -0.3 is 10.1 Å². The predicted molar refractivity (Wildman–Crippen MR) is 92.0 cm³/mol. The fourth-order valence-corrected chi connectivity index (χ4v) is 2.38. The van der Waals surface area contributed by atoms with E-state index in [4.69, 9.17) is 11.6 Å². The maximum absolute atomic E-state index is 11.8. The molecular weight excluding hydrogens is 330 g/mol. The third-order valence-electron chi connectivity index (χ3n) is 3.31. The summed E-state index contributed by atoms with van der Waals surface area (Å²) >= 11 is 6.37. The summed E-state index contributed by atoms with van der Waals surface area (Å²) in [6.45, 7) is 2.03. The summed E-state index contributed by atoms with van der Waals surface area (Å²) in [5.41, 5.74) is 2.22. The summed E-state index contributed by atoms with van der Waals surface area (Å²) in [6, 6.07) is 9.49. The topological polar surface area (TPSA) is 73.2 Å². The highest BCUT2D eigenvalue weighted by Gasteiger charge is 2.12. The highest BCUT2D eigenvalue weighted by molar-refractivity contribution is 6.31. The van der Waals surface area contributed by atoms with Gasteiger partial charge in [0.2, 0.25) is 5.91 Å². The second kappa shape index (κ2) is 8.31. The van der Waals surface area contributed by atoms with Crippen LogP contribution in [0, 0.1) is 6.92 Å². The highest BCUT2D eigenvalue weighted by atomic mass is 35.5. The van der Waals surface area contributed by atoms with Gasteiger partial charge in [-0.15, -0.1) is 0 Å². The Kier molecular flexibility index (Phi) is 6.14. The second-order valence-corrected chi connectivity index (χ2v) is 5.35. The lowest BCUT2D eigenvalue weighted by Crippen LogP contribution is -2.24. The number of aryl methyl sites for hydroxylation is 1. The number of hydrogen-bond acceptors (Lipinski definition) is 4. The largest absolute Gasteiger partial charge is 0.469 e. The zero-order chi connectivity index (χ0) is 17.5. The molecule has 2 rings (SSSR count). The molecule has 0 spiro atoms. The number of esters is 1. The number of aromatic nitrogens is 2. The first-order chi connectivity index (χ1) is 11.5. The normalized spacial score (nSPS) is 10.8. The third kappa shape index (κ3) is 4.45. The Morgan fingerprint density at radius 3 is 2.71 bits per heavy atom. The Morgan fingerprint density at radius 2 is 2.04 bits per heavy atom. The monoisotopic (exact) mass is 347 g/mol. The number of halogens is 1. The lowest BCUT2D eigenvalue weighted by atomic mass is 10.2. The minimum atomic E-state index is -0.373. The lowest BCUT2D eigenvalue weighted by Gasteiger charge is -2.02. The van der Waals surface area contributed by atoms with E-state index >= 15 is 0 Å². The van der Waals surface area contributed by atoms with Crippen LogP contribution in [0.3, 0.4) is 0 Å². The van der Waals surface area contributed by atoms with Gasteiger partial charge in [0.15, 0.2) is 0 Å². The number of carbonyl (C=O) groups excluding carboxylic acids is 2. The summed E-state index contributed by atoms with van der Waals surface area (Å²) in [6.07, 6.45) is 3.10. The van der Waals surface area contributed by atoms with Crippen molar-refractivity contribution in [3.05, 3.63) is 52.8 Å². The van der Waals surface area contributed by atoms with Crippen LogP contribution in [-0.4, -0.2) is 35.3 Å². The number of nitrogens with zero attached hydrogens (tertiary/aromatic N) is 2. The molecule has 0 aliphatic heterocycles. The van der Waals surface area contributed by atoms with Gasteiger partial charge in [0.25, 0.3) is 0 Å². The Hall–Kier alpha value is -2.60. The van der Waals surface area contributed by atoms with Gasteiger partial charge in [-0.1, -0.05) is 29.8 Å². The van der Waals surface area contributed by atoms with Crippen LogP contribution in [0.4, 0.5) is 0 Å². The van der Waals surface area contributed by atoms with Crippen LogP contribution in [0.5, 0.6) is 0 Å². The van der Waals surface area contributed by atoms with Gasteiger partial charge in [0.05, 0.1) is 24.9 Å². The molecule has 2 aromatic rings. The molecule has 6 nitrogen and oxygen atoms in total. The Morgan fingerprint density at radius 1 is 1.33 bits per heavy atom. The first kappa shape index (κ1) is 17.7. The van der Waals surface area contributed by atoms with Crippen LogP contribution in [0.15, 0.2) is 36.4 Å². The number of nitrogens with one attached hydrogen (secondary N) is 1. The molecule has 0 radical (unpaired) electrons. The van der Waals surface area contributed by atoms with Crippen molar-refractivity contribution in [1.29, 1.82) is 0 Å². The van der Waals surface area contributed by atoms with Crippen molar-refractivity contribution in [2.24, 2.45) is 0 Å². The molecule has 0 saturated carbocycles. The van der Waals surface area contributed by atoms with Crippen molar-refractivity contribution in [2.45, 2.75) is 13.3 Å². The number of carbonyl (C=O) groups is 2. The summed E-state index contributed by atoms with van der Waals surface area (Å²) in [7, 11) is 1.30. The van der Waals surface area contributed by atoms with E-state index in [-0.39, 0.29) is 24.8 Å². The number of rotatable bonds is 6. The number of amides is 1.